The summed E-state index contributed by atoms with van der Waals surface area (Å²) in [5, 5.41) is 0. The Hall–Kier alpha value is -0.350. The average molecular weight is 215 g/mol. The third kappa shape index (κ3) is 2.82. The van der Waals surface area contributed by atoms with Crippen molar-refractivity contribution in [1.82, 2.24) is 0 Å². The minimum Gasteiger partial charge on any atom is -0.196 e. The molecule has 1 radical (unpaired) electrons. The maximum Gasteiger partial charge on any atom is 0.453 e. The van der Waals surface area contributed by atoms with Crippen LogP contribution in [0.25, 0.3) is 0 Å². The molecule has 1 saturated carbocycles. The molecule has 0 bridgehead atoms. The van der Waals surface area contributed by atoms with Gasteiger partial charge in [-0.2, -0.15) is 22.0 Å². The van der Waals surface area contributed by atoms with Crippen molar-refractivity contribution in [2.24, 2.45) is 5.92 Å². The number of hydrogen-bond acceptors (Lipinski definition) is 0. The van der Waals surface area contributed by atoms with Crippen LogP contribution in [0.5, 0.6) is 0 Å². The molecule has 0 aromatic carbocycles. The monoisotopic (exact) mass is 215 g/mol. The second-order valence-electron chi connectivity index (χ2n) is 3.69. The Bertz CT molecular complexity index is 178. The Balaban J connectivity index is 2.49. The Morgan fingerprint density at radius 3 is 1.79 bits per heavy atom. The zero-order valence-electron chi connectivity index (χ0n) is 7.58. The summed E-state index contributed by atoms with van der Waals surface area (Å²) in [7, 11) is 0. The number of alkyl halides is 5. The third-order valence-electron chi connectivity index (χ3n) is 2.47. The topological polar surface area (TPSA) is 0 Å². The average Bonchev–Trinajstić information content (AvgIpc) is 2.03. The van der Waals surface area contributed by atoms with E-state index >= 15 is 0 Å². The highest BCUT2D eigenvalue weighted by Crippen LogP contribution is 2.42. The van der Waals surface area contributed by atoms with Crippen LogP contribution in [0, 0.1) is 12.3 Å². The first-order chi connectivity index (χ1) is 6.33. The lowest BCUT2D eigenvalue weighted by Crippen LogP contribution is -2.39. The zero-order valence-corrected chi connectivity index (χ0v) is 7.58. The van der Waals surface area contributed by atoms with Crippen molar-refractivity contribution in [2.45, 2.75) is 44.2 Å². The van der Waals surface area contributed by atoms with Crippen LogP contribution < -0.4 is 0 Å². The quantitative estimate of drug-likeness (QED) is 0.611. The van der Waals surface area contributed by atoms with Crippen LogP contribution in [0.3, 0.4) is 0 Å². The lowest BCUT2D eigenvalue weighted by molar-refractivity contribution is -0.269. The molecule has 0 nitrogen and oxygen atoms in total. The molecule has 1 aliphatic rings. The summed E-state index contributed by atoms with van der Waals surface area (Å²) in [5.74, 6) is -5.21. The van der Waals surface area contributed by atoms with Crippen molar-refractivity contribution in [2.75, 3.05) is 0 Å². The maximum atomic E-state index is 12.5. The summed E-state index contributed by atoms with van der Waals surface area (Å²) in [6.07, 6.45) is -1.94. The van der Waals surface area contributed by atoms with Crippen LogP contribution >= 0.6 is 0 Å². The number of hydrogen-bond donors (Lipinski definition) is 0. The molecule has 14 heavy (non-hydrogen) atoms. The van der Waals surface area contributed by atoms with Crippen LogP contribution in [0.15, 0.2) is 0 Å². The Morgan fingerprint density at radius 2 is 1.36 bits per heavy atom. The van der Waals surface area contributed by atoms with Gasteiger partial charge < -0.3 is 0 Å². The summed E-state index contributed by atoms with van der Waals surface area (Å²) in [4.78, 5) is 0. The van der Waals surface area contributed by atoms with Gasteiger partial charge in [-0.1, -0.05) is 19.3 Å². The predicted octanol–water partition coefficient (Wildman–Crippen LogP) is 3.97. The van der Waals surface area contributed by atoms with E-state index in [0.717, 1.165) is 19.3 Å². The molecular weight excluding hydrogens is 203 g/mol. The maximum absolute atomic E-state index is 12.5. The fraction of sp³-hybridized carbons (Fsp3) is 0.889. The Kier molecular flexibility index (Phi) is 3.37. The predicted molar refractivity (Wildman–Crippen MR) is 41.9 cm³/mol. The van der Waals surface area contributed by atoms with Crippen molar-refractivity contribution < 1.29 is 22.0 Å². The van der Waals surface area contributed by atoms with E-state index < -0.39 is 18.0 Å². The van der Waals surface area contributed by atoms with Crippen LogP contribution in [0.1, 0.15) is 32.1 Å². The molecule has 0 atom stereocenters. The van der Waals surface area contributed by atoms with E-state index in [-0.39, 0.29) is 6.42 Å². The molecule has 1 fully saturated rings. The fourth-order valence-electron chi connectivity index (χ4n) is 1.69. The first-order valence-electron chi connectivity index (χ1n) is 4.63. The van der Waals surface area contributed by atoms with Gasteiger partial charge in [0.2, 0.25) is 0 Å². The highest BCUT2D eigenvalue weighted by molar-refractivity contribution is 4.95. The van der Waals surface area contributed by atoms with Gasteiger partial charge in [0.25, 0.3) is 0 Å². The standard InChI is InChI=1S/C9H12F5/c10-8(11,9(12,13)14)6-7-4-2-1-3-5-7/h6-7H,1-5H2. The smallest absolute Gasteiger partial charge is 0.196 e. The molecule has 83 valence electrons. The van der Waals surface area contributed by atoms with Crippen LogP contribution in [0.2, 0.25) is 0 Å². The summed E-state index contributed by atoms with van der Waals surface area (Å²) in [6.45, 7) is 0. The minimum absolute atomic E-state index is 0.173. The van der Waals surface area contributed by atoms with E-state index in [4.69, 9.17) is 0 Å². The molecule has 0 saturated heterocycles. The zero-order chi connectivity index (χ0) is 10.8. The molecular formula is C9H12F5. The van der Waals surface area contributed by atoms with Crippen LogP contribution in [-0.4, -0.2) is 12.1 Å². The lowest BCUT2D eigenvalue weighted by Gasteiger charge is -2.27. The van der Waals surface area contributed by atoms with Crippen molar-refractivity contribution >= 4 is 0 Å². The van der Waals surface area contributed by atoms with Gasteiger partial charge in [-0.25, -0.2) is 0 Å². The first-order valence-corrected chi connectivity index (χ1v) is 4.63. The van der Waals surface area contributed by atoms with E-state index in [9.17, 15) is 22.0 Å². The van der Waals surface area contributed by atoms with E-state index in [1.807, 2.05) is 0 Å². The van der Waals surface area contributed by atoms with E-state index in [1.54, 1.807) is 0 Å². The summed E-state index contributed by atoms with van der Waals surface area (Å²) >= 11 is 0. The van der Waals surface area contributed by atoms with E-state index in [0.29, 0.717) is 12.8 Å². The highest BCUT2D eigenvalue weighted by Gasteiger charge is 2.58. The van der Waals surface area contributed by atoms with Crippen molar-refractivity contribution in [3.05, 3.63) is 6.42 Å². The van der Waals surface area contributed by atoms with Gasteiger partial charge in [-0.3, -0.25) is 0 Å². The molecule has 0 unspecified atom stereocenters. The normalized spacial score (nSPS) is 21.2. The van der Waals surface area contributed by atoms with Gasteiger partial charge in [-0.05, 0) is 18.8 Å². The molecule has 1 rings (SSSR count). The molecule has 0 spiro atoms. The van der Waals surface area contributed by atoms with Crippen molar-refractivity contribution in [3.8, 4) is 0 Å². The fourth-order valence-corrected chi connectivity index (χ4v) is 1.69. The van der Waals surface area contributed by atoms with Gasteiger partial charge in [-0.15, -0.1) is 0 Å². The molecule has 0 aliphatic heterocycles. The second kappa shape index (κ2) is 4.03. The molecule has 0 aromatic heterocycles. The summed E-state index contributed by atoms with van der Waals surface area (Å²) < 4.78 is 60.5. The molecule has 0 amide bonds. The molecule has 0 aromatic rings. The lowest BCUT2D eigenvalue weighted by atomic mass is 9.85. The Morgan fingerprint density at radius 1 is 0.857 bits per heavy atom. The number of rotatable bonds is 2. The molecule has 0 N–H and O–H groups in total. The molecule has 0 heterocycles. The highest BCUT2D eigenvalue weighted by atomic mass is 19.4. The van der Waals surface area contributed by atoms with Gasteiger partial charge in [0, 0.05) is 6.42 Å². The largest absolute Gasteiger partial charge is 0.453 e. The van der Waals surface area contributed by atoms with Crippen molar-refractivity contribution in [1.29, 1.82) is 0 Å². The van der Waals surface area contributed by atoms with Gasteiger partial charge in [0.1, 0.15) is 0 Å². The second-order valence-corrected chi connectivity index (χ2v) is 3.69. The van der Waals surface area contributed by atoms with Gasteiger partial charge in [0.15, 0.2) is 0 Å². The van der Waals surface area contributed by atoms with E-state index in [1.165, 1.54) is 0 Å². The molecule has 1 aliphatic carbocycles. The molecule has 5 heteroatoms. The van der Waals surface area contributed by atoms with E-state index in [2.05, 4.69) is 0 Å². The third-order valence-corrected chi connectivity index (χ3v) is 2.47. The Labute approximate surface area is 79.5 Å². The van der Waals surface area contributed by atoms with Crippen LogP contribution in [-0.2, 0) is 0 Å². The van der Waals surface area contributed by atoms with Gasteiger partial charge in [0.05, 0.1) is 0 Å². The number of halogens is 5. The first kappa shape index (κ1) is 11.7. The SMILES string of the molecule is FC(F)(F)C(F)(F)[CH]C1CCCCC1. The minimum atomic E-state index is -5.44. The summed E-state index contributed by atoms with van der Waals surface area (Å²) in [5.41, 5.74) is 0. The van der Waals surface area contributed by atoms with Gasteiger partial charge >= 0.3 is 12.1 Å². The van der Waals surface area contributed by atoms with Crippen LogP contribution in [0.4, 0.5) is 22.0 Å². The van der Waals surface area contributed by atoms with Crippen molar-refractivity contribution in [3.63, 3.8) is 0 Å². The summed E-state index contributed by atoms with van der Waals surface area (Å²) in [6, 6.07) is 0.